The highest BCUT2D eigenvalue weighted by atomic mass is 35.5. The first-order valence-electron chi connectivity index (χ1n) is 5.44. The van der Waals surface area contributed by atoms with Crippen LogP contribution in [0.2, 0.25) is 5.02 Å². The van der Waals surface area contributed by atoms with Gasteiger partial charge in [0.15, 0.2) is 0 Å². The molecule has 3 nitrogen and oxygen atoms in total. The number of halogens is 1. The summed E-state index contributed by atoms with van der Waals surface area (Å²) in [7, 11) is 0. The molecule has 0 radical (unpaired) electrons. The zero-order valence-electron chi connectivity index (χ0n) is 9.19. The fraction of sp³-hybridized carbons (Fsp3) is 0.417. The lowest BCUT2D eigenvalue weighted by atomic mass is 10.0. The molecule has 0 bridgehead atoms. The Morgan fingerprint density at radius 3 is 2.62 bits per heavy atom. The van der Waals surface area contributed by atoms with Crippen LogP contribution in [0.4, 0.5) is 0 Å². The third-order valence-corrected chi connectivity index (χ3v) is 3.28. The van der Waals surface area contributed by atoms with Crippen LogP contribution in [-0.4, -0.2) is 23.4 Å². The summed E-state index contributed by atoms with van der Waals surface area (Å²) in [5.74, 6) is 0.134. The molecule has 0 spiro atoms. The van der Waals surface area contributed by atoms with Crippen LogP contribution in [0.3, 0.4) is 0 Å². The minimum absolute atomic E-state index is 0.00485. The molecule has 1 aliphatic rings. The van der Waals surface area contributed by atoms with E-state index < -0.39 is 0 Å². The monoisotopic (exact) mass is 238 g/mol. The highest BCUT2D eigenvalue weighted by Gasteiger charge is 2.37. The van der Waals surface area contributed by atoms with Gasteiger partial charge in [-0.2, -0.15) is 0 Å². The second-order valence-electron chi connectivity index (χ2n) is 4.04. The summed E-state index contributed by atoms with van der Waals surface area (Å²) in [5.41, 5.74) is 7.07. The van der Waals surface area contributed by atoms with Crippen LogP contribution in [0.25, 0.3) is 0 Å². The minimum Gasteiger partial charge on any atom is -0.334 e. The summed E-state index contributed by atoms with van der Waals surface area (Å²) in [4.78, 5) is 13.5. The molecule has 16 heavy (non-hydrogen) atoms. The van der Waals surface area contributed by atoms with Crippen LogP contribution in [-0.2, 0) is 4.79 Å². The lowest BCUT2D eigenvalue weighted by Crippen LogP contribution is -2.32. The first kappa shape index (κ1) is 11.4. The van der Waals surface area contributed by atoms with E-state index in [0.29, 0.717) is 18.0 Å². The minimum atomic E-state index is -0.117. The van der Waals surface area contributed by atoms with Crippen molar-refractivity contribution in [2.45, 2.75) is 25.4 Å². The van der Waals surface area contributed by atoms with Crippen LogP contribution in [0.1, 0.15) is 24.9 Å². The van der Waals surface area contributed by atoms with Gasteiger partial charge in [0.25, 0.3) is 0 Å². The molecule has 2 rings (SSSR count). The van der Waals surface area contributed by atoms with E-state index in [2.05, 4.69) is 0 Å². The largest absolute Gasteiger partial charge is 0.334 e. The van der Waals surface area contributed by atoms with E-state index in [0.717, 1.165) is 5.56 Å². The molecular formula is C12H15ClN2O. The van der Waals surface area contributed by atoms with Crippen molar-refractivity contribution in [2.24, 2.45) is 5.73 Å². The van der Waals surface area contributed by atoms with Crippen molar-refractivity contribution in [1.29, 1.82) is 0 Å². The molecule has 86 valence electrons. The highest BCUT2D eigenvalue weighted by molar-refractivity contribution is 6.30. The van der Waals surface area contributed by atoms with Crippen LogP contribution in [0.5, 0.6) is 0 Å². The van der Waals surface area contributed by atoms with Gasteiger partial charge in [0.2, 0.25) is 5.91 Å². The molecule has 2 N–H and O–H groups in total. The number of carbonyl (C=O) groups excluding carboxylic acids is 1. The average Bonchev–Trinajstić information content (AvgIpc) is 2.54. The predicted octanol–water partition coefficient (Wildman–Crippen LogP) is 1.96. The Bertz CT molecular complexity index is 391. The van der Waals surface area contributed by atoms with E-state index in [4.69, 9.17) is 17.3 Å². The Labute approximate surface area is 100 Å². The van der Waals surface area contributed by atoms with Gasteiger partial charge in [-0.05, 0) is 24.6 Å². The first-order valence-corrected chi connectivity index (χ1v) is 5.81. The number of benzene rings is 1. The Balaban J connectivity index is 2.31. The van der Waals surface area contributed by atoms with Gasteiger partial charge in [-0.1, -0.05) is 23.7 Å². The van der Waals surface area contributed by atoms with Gasteiger partial charge < -0.3 is 10.6 Å². The lowest BCUT2D eigenvalue weighted by Gasteiger charge is -2.26. The summed E-state index contributed by atoms with van der Waals surface area (Å²) >= 11 is 5.84. The topological polar surface area (TPSA) is 46.3 Å². The standard InChI is InChI=1S/C12H15ClN2O/c1-2-15-11(16)7-10(14)12(15)8-3-5-9(13)6-4-8/h3-6,10,12H,2,7,14H2,1H3/t10-,12+/m0/s1. The molecule has 1 saturated heterocycles. The van der Waals surface area contributed by atoms with Gasteiger partial charge in [-0.3, -0.25) is 4.79 Å². The molecule has 4 heteroatoms. The van der Waals surface area contributed by atoms with Gasteiger partial charge >= 0.3 is 0 Å². The number of likely N-dealkylation sites (tertiary alicyclic amines) is 1. The van der Waals surface area contributed by atoms with Crippen molar-refractivity contribution >= 4 is 17.5 Å². The maximum atomic E-state index is 11.7. The van der Waals surface area contributed by atoms with Crippen molar-refractivity contribution in [3.05, 3.63) is 34.9 Å². The molecule has 1 aromatic rings. The summed E-state index contributed by atoms with van der Waals surface area (Å²) in [5, 5.41) is 0.699. The summed E-state index contributed by atoms with van der Waals surface area (Å²) in [6, 6.07) is 7.42. The Morgan fingerprint density at radius 2 is 2.06 bits per heavy atom. The van der Waals surface area contributed by atoms with Crippen molar-refractivity contribution in [3.8, 4) is 0 Å². The molecule has 1 aliphatic heterocycles. The number of nitrogens with two attached hydrogens (primary N) is 1. The normalized spacial score (nSPS) is 25.2. The smallest absolute Gasteiger partial charge is 0.224 e. The second kappa shape index (κ2) is 4.44. The number of amides is 1. The molecule has 1 fully saturated rings. The molecule has 0 saturated carbocycles. The molecule has 1 amide bonds. The zero-order valence-corrected chi connectivity index (χ0v) is 9.95. The maximum absolute atomic E-state index is 11.7. The number of hydrogen-bond donors (Lipinski definition) is 1. The fourth-order valence-corrected chi connectivity index (χ4v) is 2.40. The summed E-state index contributed by atoms with van der Waals surface area (Å²) in [6.07, 6.45) is 0.432. The number of rotatable bonds is 2. The quantitative estimate of drug-likeness (QED) is 0.856. The summed E-state index contributed by atoms with van der Waals surface area (Å²) < 4.78 is 0. The number of likely N-dealkylation sites (N-methyl/N-ethyl adjacent to an activating group) is 1. The van der Waals surface area contributed by atoms with Crippen molar-refractivity contribution in [2.75, 3.05) is 6.54 Å². The molecule has 1 heterocycles. The van der Waals surface area contributed by atoms with Crippen LogP contribution in [0.15, 0.2) is 24.3 Å². The predicted molar refractivity (Wildman–Crippen MR) is 64.2 cm³/mol. The SMILES string of the molecule is CCN1C(=O)C[C@H](N)[C@H]1c1ccc(Cl)cc1. The van der Waals surface area contributed by atoms with Crippen LogP contribution in [0, 0.1) is 0 Å². The lowest BCUT2D eigenvalue weighted by molar-refractivity contribution is -0.128. The zero-order chi connectivity index (χ0) is 11.7. The molecular weight excluding hydrogens is 224 g/mol. The Morgan fingerprint density at radius 1 is 1.44 bits per heavy atom. The molecule has 1 aromatic carbocycles. The van der Waals surface area contributed by atoms with E-state index in [1.807, 2.05) is 36.1 Å². The van der Waals surface area contributed by atoms with E-state index in [1.165, 1.54) is 0 Å². The van der Waals surface area contributed by atoms with Gasteiger partial charge in [0.1, 0.15) is 0 Å². The first-order chi connectivity index (χ1) is 7.63. The van der Waals surface area contributed by atoms with Gasteiger partial charge in [0.05, 0.1) is 6.04 Å². The van der Waals surface area contributed by atoms with Crippen molar-refractivity contribution in [1.82, 2.24) is 4.90 Å². The van der Waals surface area contributed by atoms with Gasteiger partial charge in [-0.25, -0.2) is 0 Å². The van der Waals surface area contributed by atoms with Crippen LogP contribution >= 0.6 is 11.6 Å². The van der Waals surface area contributed by atoms with E-state index in [1.54, 1.807) is 0 Å². The Kier molecular flexibility index (Phi) is 3.17. The van der Waals surface area contributed by atoms with E-state index in [-0.39, 0.29) is 18.0 Å². The number of carbonyl (C=O) groups is 1. The second-order valence-corrected chi connectivity index (χ2v) is 4.48. The van der Waals surface area contributed by atoms with E-state index in [9.17, 15) is 4.79 Å². The van der Waals surface area contributed by atoms with Gasteiger partial charge in [0, 0.05) is 24.0 Å². The molecule has 0 aromatic heterocycles. The fourth-order valence-electron chi connectivity index (χ4n) is 2.28. The maximum Gasteiger partial charge on any atom is 0.224 e. The summed E-state index contributed by atoms with van der Waals surface area (Å²) in [6.45, 7) is 2.67. The Hall–Kier alpha value is -1.06. The third-order valence-electron chi connectivity index (χ3n) is 3.02. The average molecular weight is 239 g/mol. The third kappa shape index (κ3) is 1.93. The highest BCUT2D eigenvalue weighted by Crippen LogP contribution is 2.32. The van der Waals surface area contributed by atoms with Crippen molar-refractivity contribution in [3.63, 3.8) is 0 Å². The van der Waals surface area contributed by atoms with E-state index >= 15 is 0 Å². The number of hydrogen-bond acceptors (Lipinski definition) is 2. The number of nitrogens with zero attached hydrogens (tertiary/aromatic N) is 1. The van der Waals surface area contributed by atoms with Gasteiger partial charge in [-0.15, -0.1) is 0 Å². The molecule has 0 aliphatic carbocycles. The molecule has 0 unspecified atom stereocenters. The van der Waals surface area contributed by atoms with Crippen LogP contribution < -0.4 is 5.73 Å². The molecule has 2 atom stereocenters. The van der Waals surface area contributed by atoms with Crippen molar-refractivity contribution < 1.29 is 4.79 Å².